The van der Waals surface area contributed by atoms with Crippen molar-refractivity contribution in [2.45, 2.75) is 46.3 Å². The molecule has 118 valence electrons. The molecule has 0 amide bonds. The largest absolute Gasteiger partial charge is 0.296 e. The third-order valence-corrected chi connectivity index (χ3v) is 4.94. The first kappa shape index (κ1) is 15.4. The molecule has 0 spiro atoms. The van der Waals surface area contributed by atoms with Gasteiger partial charge in [0.25, 0.3) is 0 Å². The molecule has 1 unspecified atom stereocenters. The molecule has 3 heteroatoms. The number of hydrogen-bond acceptors (Lipinski definition) is 3. The summed E-state index contributed by atoms with van der Waals surface area (Å²) in [6, 6.07) is 9.86. The third kappa shape index (κ3) is 3.01. The molecule has 0 bridgehead atoms. The van der Waals surface area contributed by atoms with Crippen molar-refractivity contribution >= 4 is 10.9 Å². The molecule has 1 saturated heterocycles. The number of rotatable bonds is 3. The molecule has 0 aliphatic carbocycles. The van der Waals surface area contributed by atoms with E-state index in [9.17, 15) is 0 Å². The van der Waals surface area contributed by atoms with Crippen LogP contribution in [0.15, 0.2) is 30.5 Å². The second kappa shape index (κ2) is 6.35. The Morgan fingerprint density at radius 3 is 2.77 bits per heavy atom. The van der Waals surface area contributed by atoms with E-state index < -0.39 is 0 Å². The Balaban J connectivity index is 1.81. The zero-order valence-corrected chi connectivity index (χ0v) is 14.2. The van der Waals surface area contributed by atoms with Gasteiger partial charge in [0.1, 0.15) is 0 Å². The number of aromatic nitrogens is 1. The van der Waals surface area contributed by atoms with Gasteiger partial charge in [0.2, 0.25) is 0 Å². The van der Waals surface area contributed by atoms with E-state index in [4.69, 9.17) is 0 Å². The van der Waals surface area contributed by atoms with Gasteiger partial charge in [0.05, 0.1) is 5.52 Å². The average Bonchev–Trinajstić information content (AvgIpc) is 2.50. The van der Waals surface area contributed by atoms with Crippen molar-refractivity contribution in [3.05, 3.63) is 41.6 Å². The normalized spacial score (nSPS) is 20.9. The standard InChI is InChI=1S/C19H27N3/c1-14(2)22-11-10-21(12-16(22)4)13-18-15(3)7-8-19-17(18)6-5-9-20-19/h5-9,14,16H,10-13H2,1-4H3. The van der Waals surface area contributed by atoms with Gasteiger partial charge in [-0.1, -0.05) is 12.1 Å². The minimum atomic E-state index is 0.627. The maximum Gasteiger partial charge on any atom is 0.0705 e. The van der Waals surface area contributed by atoms with Crippen LogP contribution in [0.4, 0.5) is 0 Å². The number of aryl methyl sites for hydroxylation is 1. The molecular weight excluding hydrogens is 270 g/mol. The van der Waals surface area contributed by atoms with E-state index in [1.807, 2.05) is 12.3 Å². The molecule has 2 aromatic rings. The molecule has 1 aromatic heterocycles. The molecule has 1 fully saturated rings. The first-order chi connectivity index (χ1) is 10.6. The number of fused-ring (bicyclic) bond motifs is 1. The summed E-state index contributed by atoms with van der Waals surface area (Å²) in [6.45, 7) is 13.7. The van der Waals surface area contributed by atoms with Gasteiger partial charge in [-0.15, -0.1) is 0 Å². The van der Waals surface area contributed by atoms with Crippen LogP contribution in [0.2, 0.25) is 0 Å². The Morgan fingerprint density at radius 2 is 2.05 bits per heavy atom. The summed E-state index contributed by atoms with van der Waals surface area (Å²) in [7, 11) is 0. The highest BCUT2D eigenvalue weighted by molar-refractivity contribution is 5.83. The van der Waals surface area contributed by atoms with E-state index >= 15 is 0 Å². The van der Waals surface area contributed by atoms with Crippen molar-refractivity contribution in [1.82, 2.24) is 14.8 Å². The Hall–Kier alpha value is -1.45. The van der Waals surface area contributed by atoms with Crippen molar-refractivity contribution in [2.75, 3.05) is 19.6 Å². The Kier molecular flexibility index (Phi) is 4.46. The van der Waals surface area contributed by atoms with Crippen LogP contribution in [0.3, 0.4) is 0 Å². The number of piperazine rings is 1. The summed E-state index contributed by atoms with van der Waals surface area (Å²) in [5, 5.41) is 1.31. The predicted molar refractivity (Wildman–Crippen MR) is 93.1 cm³/mol. The maximum absolute atomic E-state index is 4.50. The molecule has 22 heavy (non-hydrogen) atoms. The predicted octanol–water partition coefficient (Wildman–Crippen LogP) is 3.46. The highest BCUT2D eigenvalue weighted by Gasteiger charge is 2.25. The summed E-state index contributed by atoms with van der Waals surface area (Å²) < 4.78 is 0. The fraction of sp³-hybridized carbons (Fsp3) is 0.526. The lowest BCUT2D eigenvalue weighted by Gasteiger charge is -2.42. The van der Waals surface area contributed by atoms with Gasteiger partial charge >= 0.3 is 0 Å². The Morgan fingerprint density at radius 1 is 1.23 bits per heavy atom. The van der Waals surface area contributed by atoms with Crippen molar-refractivity contribution in [3.8, 4) is 0 Å². The van der Waals surface area contributed by atoms with Gasteiger partial charge < -0.3 is 0 Å². The van der Waals surface area contributed by atoms with Crippen LogP contribution in [-0.4, -0.2) is 46.5 Å². The van der Waals surface area contributed by atoms with Crippen molar-refractivity contribution in [1.29, 1.82) is 0 Å². The third-order valence-electron chi connectivity index (χ3n) is 4.94. The van der Waals surface area contributed by atoms with Gasteiger partial charge in [0.15, 0.2) is 0 Å². The monoisotopic (exact) mass is 297 g/mol. The van der Waals surface area contributed by atoms with Crippen molar-refractivity contribution < 1.29 is 0 Å². The molecule has 3 nitrogen and oxygen atoms in total. The smallest absolute Gasteiger partial charge is 0.0705 e. The van der Waals surface area contributed by atoms with E-state index in [2.05, 4.69) is 60.7 Å². The van der Waals surface area contributed by atoms with Crippen LogP contribution >= 0.6 is 0 Å². The quantitative estimate of drug-likeness (QED) is 0.865. The van der Waals surface area contributed by atoms with Crippen LogP contribution in [0, 0.1) is 6.92 Å². The van der Waals surface area contributed by atoms with Crippen molar-refractivity contribution in [3.63, 3.8) is 0 Å². The minimum absolute atomic E-state index is 0.627. The molecule has 0 N–H and O–H groups in total. The van der Waals surface area contributed by atoms with E-state index in [0.717, 1.165) is 25.2 Å². The number of pyridine rings is 1. The SMILES string of the molecule is Cc1ccc2ncccc2c1CN1CCN(C(C)C)C(C)C1. The van der Waals surface area contributed by atoms with Gasteiger partial charge in [-0.05, 0) is 51.0 Å². The second-order valence-corrected chi connectivity index (χ2v) is 6.85. The zero-order chi connectivity index (χ0) is 15.7. The minimum Gasteiger partial charge on any atom is -0.296 e. The second-order valence-electron chi connectivity index (χ2n) is 6.85. The van der Waals surface area contributed by atoms with Crippen LogP contribution in [0.25, 0.3) is 10.9 Å². The summed E-state index contributed by atoms with van der Waals surface area (Å²) in [5.74, 6) is 0. The average molecular weight is 297 g/mol. The van der Waals surface area contributed by atoms with E-state index in [-0.39, 0.29) is 0 Å². The summed E-state index contributed by atoms with van der Waals surface area (Å²) in [4.78, 5) is 9.70. The highest BCUT2D eigenvalue weighted by atomic mass is 15.3. The maximum atomic E-state index is 4.50. The molecular formula is C19H27N3. The molecule has 0 saturated carbocycles. The van der Waals surface area contributed by atoms with Crippen molar-refractivity contribution in [2.24, 2.45) is 0 Å². The lowest BCUT2D eigenvalue weighted by molar-refractivity contribution is 0.0565. The first-order valence-corrected chi connectivity index (χ1v) is 8.37. The van der Waals surface area contributed by atoms with Gasteiger partial charge in [0, 0.05) is 49.8 Å². The van der Waals surface area contributed by atoms with E-state index in [1.165, 1.54) is 23.1 Å². The van der Waals surface area contributed by atoms with E-state index in [0.29, 0.717) is 12.1 Å². The fourth-order valence-electron chi connectivity index (χ4n) is 3.71. The van der Waals surface area contributed by atoms with Gasteiger partial charge in [-0.3, -0.25) is 14.8 Å². The number of hydrogen-bond donors (Lipinski definition) is 0. The summed E-state index contributed by atoms with van der Waals surface area (Å²) >= 11 is 0. The Bertz CT molecular complexity index is 650. The molecule has 2 heterocycles. The summed E-state index contributed by atoms with van der Waals surface area (Å²) in [5.41, 5.74) is 3.92. The number of benzene rings is 1. The first-order valence-electron chi connectivity index (χ1n) is 8.37. The van der Waals surface area contributed by atoms with Crippen LogP contribution in [0.1, 0.15) is 31.9 Å². The summed E-state index contributed by atoms with van der Waals surface area (Å²) in [6.07, 6.45) is 1.88. The molecule has 1 atom stereocenters. The zero-order valence-electron chi connectivity index (χ0n) is 14.2. The highest BCUT2D eigenvalue weighted by Crippen LogP contribution is 2.23. The Labute approximate surface area is 133 Å². The molecule has 1 aliphatic heterocycles. The topological polar surface area (TPSA) is 19.4 Å². The lowest BCUT2D eigenvalue weighted by Crippen LogP contribution is -2.53. The molecule has 1 aliphatic rings. The van der Waals surface area contributed by atoms with E-state index in [1.54, 1.807) is 0 Å². The molecule has 3 rings (SSSR count). The fourth-order valence-corrected chi connectivity index (χ4v) is 3.71. The molecule has 1 aromatic carbocycles. The number of nitrogens with zero attached hydrogens (tertiary/aromatic N) is 3. The lowest BCUT2D eigenvalue weighted by atomic mass is 10.0. The van der Waals surface area contributed by atoms with Crippen LogP contribution in [0.5, 0.6) is 0 Å². The van der Waals surface area contributed by atoms with Crippen LogP contribution in [-0.2, 0) is 6.54 Å². The van der Waals surface area contributed by atoms with Crippen LogP contribution < -0.4 is 0 Å². The van der Waals surface area contributed by atoms with Gasteiger partial charge in [-0.25, -0.2) is 0 Å². The molecule has 0 radical (unpaired) electrons. The van der Waals surface area contributed by atoms with Gasteiger partial charge in [-0.2, -0.15) is 0 Å².